The van der Waals surface area contributed by atoms with E-state index < -0.39 is 13.7 Å². The van der Waals surface area contributed by atoms with Crippen LogP contribution in [0.15, 0.2) is 53.1 Å². The maximum absolute atomic E-state index is 13.7. The van der Waals surface area contributed by atoms with Crippen LogP contribution < -0.4 is 15.2 Å². The number of rotatable bonds is 8. The number of carbonyl (C=O) groups excluding carboxylic acids is 1. The van der Waals surface area contributed by atoms with Crippen molar-refractivity contribution in [2.75, 3.05) is 19.0 Å². The van der Waals surface area contributed by atoms with Crippen molar-refractivity contribution in [2.24, 2.45) is 5.92 Å². The number of aliphatic hydroxyl groups is 1. The summed E-state index contributed by atoms with van der Waals surface area (Å²) in [7, 11) is -0.487. The van der Waals surface area contributed by atoms with Crippen molar-refractivity contribution in [3.8, 4) is 5.75 Å². The normalized spacial score (nSPS) is 24.9. The molecule has 4 atom stereocenters. The monoisotopic (exact) mass is 584 g/mol. The van der Waals surface area contributed by atoms with E-state index in [4.69, 9.17) is 9.47 Å². The minimum atomic E-state index is -2.16. The molecule has 1 amide bonds. The lowest BCUT2D eigenvalue weighted by atomic mass is 9.82. The third-order valence-corrected chi connectivity index (χ3v) is 13.0. The molecule has 0 unspecified atom stereocenters. The van der Waals surface area contributed by atoms with Crippen molar-refractivity contribution in [3.05, 3.63) is 64.4 Å². The number of amides is 1. The van der Waals surface area contributed by atoms with E-state index >= 15 is 0 Å². The molecule has 0 aliphatic carbocycles. The summed E-state index contributed by atoms with van der Waals surface area (Å²) < 4.78 is 15.1. The van der Waals surface area contributed by atoms with Crippen molar-refractivity contribution in [3.63, 3.8) is 0 Å². The highest BCUT2D eigenvalue weighted by molar-refractivity contribution is 9.10. The van der Waals surface area contributed by atoms with Crippen molar-refractivity contribution in [1.82, 2.24) is 15.0 Å². The number of aryl methyl sites for hydroxylation is 1. The molecular weight excluding hydrogens is 552 g/mol. The van der Waals surface area contributed by atoms with E-state index in [1.54, 1.807) is 7.11 Å². The Kier molecular flexibility index (Phi) is 7.03. The number of nitrogens with zero attached hydrogens (tertiary/aromatic N) is 3. The molecule has 2 aliphatic rings. The summed E-state index contributed by atoms with van der Waals surface area (Å²) in [6, 6.07) is 14.3. The first-order valence-electron chi connectivity index (χ1n) is 12.6. The molecule has 1 saturated heterocycles. The van der Waals surface area contributed by atoms with Gasteiger partial charge in [-0.05, 0) is 42.3 Å². The molecule has 0 bridgehead atoms. The van der Waals surface area contributed by atoms with Crippen LogP contribution in [-0.2, 0) is 28.1 Å². The topological polar surface area (TPSA) is 98.5 Å². The molecule has 2 aliphatic heterocycles. The second kappa shape index (κ2) is 9.98. The van der Waals surface area contributed by atoms with E-state index in [0.29, 0.717) is 19.4 Å². The van der Waals surface area contributed by atoms with Crippen LogP contribution in [0, 0.1) is 5.92 Å². The fourth-order valence-electron chi connectivity index (χ4n) is 6.31. The van der Waals surface area contributed by atoms with Gasteiger partial charge in [-0.2, -0.15) is 0 Å². The zero-order valence-corrected chi connectivity index (χ0v) is 24.2. The number of carbonyl (C=O) groups is 1. The molecule has 1 fully saturated rings. The lowest BCUT2D eigenvalue weighted by Crippen LogP contribution is -2.51. The molecule has 1 spiro atoms. The van der Waals surface area contributed by atoms with Gasteiger partial charge in [0.1, 0.15) is 5.75 Å². The Bertz CT molecular complexity index is 1300. The summed E-state index contributed by atoms with van der Waals surface area (Å²) in [5.74, 6) is 0.694. The van der Waals surface area contributed by atoms with Gasteiger partial charge in [-0.1, -0.05) is 58.5 Å². The van der Waals surface area contributed by atoms with Gasteiger partial charge < -0.3 is 19.9 Å². The largest absolute Gasteiger partial charge is 0.497 e. The van der Waals surface area contributed by atoms with Crippen LogP contribution in [0.1, 0.15) is 24.6 Å². The molecule has 2 aromatic carbocycles. The predicted octanol–water partition coefficient (Wildman–Crippen LogP) is 3.84. The SMILES string of the molecule is COc1ccc([Si](C)(C)[C@H]2[C@H](CCn3cc(CCO)nn3)O[C@@]3(C(=O)Nc4ccc(Br)cc43)[C@@H]2C)cc1. The Morgan fingerprint density at radius 3 is 2.70 bits per heavy atom. The molecule has 8 nitrogen and oxygen atoms in total. The number of anilines is 1. The maximum atomic E-state index is 13.7. The summed E-state index contributed by atoms with van der Waals surface area (Å²) in [5, 5.41) is 22.0. The maximum Gasteiger partial charge on any atom is 0.261 e. The number of aliphatic hydroxyl groups excluding tert-OH is 1. The third-order valence-electron chi connectivity index (χ3n) is 8.15. The summed E-state index contributed by atoms with van der Waals surface area (Å²) >= 11 is 3.60. The number of benzene rings is 2. The van der Waals surface area contributed by atoms with Crippen molar-refractivity contribution in [2.45, 2.75) is 56.7 Å². The number of nitrogens with one attached hydrogen (secondary N) is 1. The van der Waals surface area contributed by atoms with Gasteiger partial charge in [-0.3, -0.25) is 9.48 Å². The minimum Gasteiger partial charge on any atom is -0.497 e. The Labute approximate surface area is 226 Å². The van der Waals surface area contributed by atoms with Gasteiger partial charge in [0.2, 0.25) is 0 Å². The highest BCUT2D eigenvalue weighted by Gasteiger charge is 2.64. The average Bonchev–Trinajstić information content (AvgIpc) is 3.54. The first kappa shape index (κ1) is 26.1. The Morgan fingerprint density at radius 1 is 1.24 bits per heavy atom. The van der Waals surface area contributed by atoms with E-state index in [0.717, 1.165) is 27.2 Å². The number of hydrogen-bond donors (Lipinski definition) is 2. The van der Waals surface area contributed by atoms with Crippen LogP contribution in [0.3, 0.4) is 0 Å². The van der Waals surface area contributed by atoms with Gasteiger partial charge in [-0.15, -0.1) is 5.10 Å². The highest BCUT2D eigenvalue weighted by Crippen LogP contribution is 2.58. The van der Waals surface area contributed by atoms with Gasteiger partial charge in [0, 0.05) is 47.4 Å². The second-order valence-electron chi connectivity index (χ2n) is 10.5. The van der Waals surface area contributed by atoms with Crippen molar-refractivity contribution < 1.29 is 19.4 Å². The number of methoxy groups -OCH3 is 1. The van der Waals surface area contributed by atoms with Crippen LogP contribution in [0.4, 0.5) is 5.69 Å². The molecule has 5 rings (SSSR count). The molecule has 10 heteroatoms. The van der Waals surface area contributed by atoms with Crippen LogP contribution in [-0.4, -0.2) is 53.9 Å². The van der Waals surface area contributed by atoms with E-state index in [1.807, 2.05) is 41.2 Å². The summed E-state index contributed by atoms with van der Waals surface area (Å²) in [6.07, 6.45) is 2.90. The molecule has 2 N–H and O–H groups in total. The molecule has 3 aromatic rings. The fourth-order valence-corrected chi connectivity index (χ4v) is 10.7. The van der Waals surface area contributed by atoms with Crippen molar-refractivity contribution >= 4 is 40.8 Å². The third kappa shape index (κ3) is 4.43. The number of fused-ring (bicyclic) bond motifs is 2. The summed E-state index contributed by atoms with van der Waals surface area (Å²) in [6.45, 7) is 7.57. The molecule has 37 heavy (non-hydrogen) atoms. The van der Waals surface area contributed by atoms with Crippen LogP contribution in [0.25, 0.3) is 0 Å². The molecule has 3 heterocycles. The van der Waals surface area contributed by atoms with E-state index in [-0.39, 0.29) is 30.1 Å². The van der Waals surface area contributed by atoms with Gasteiger partial charge >= 0.3 is 0 Å². The number of ether oxygens (including phenoxy) is 2. The molecule has 0 saturated carbocycles. The molecular formula is C27H33BrN4O4Si. The van der Waals surface area contributed by atoms with Crippen LogP contribution in [0.2, 0.25) is 18.6 Å². The first-order chi connectivity index (χ1) is 17.7. The van der Waals surface area contributed by atoms with Crippen LogP contribution >= 0.6 is 15.9 Å². The Morgan fingerprint density at radius 2 is 2.00 bits per heavy atom. The molecule has 1 aromatic heterocycles. The first-order valence-corrected chi connectivity index (χ1v) is 16.5. The number of aromatic nitrogens is 3. The Balaban J connectivity index is 1.53. The van der Waals surface area contributed by atoms with Crippen LogP contribution in [0.5, 0.6) is 5.75 Å². The zero-order valence-electron chi connectivity index (χ0n) is 21.6. The molecule has 0 radical (unpaired) electrons. The summed E-state index contributed by atoms with van der Waals surface area (Å²) in [5.41, 5.74) is 1.59. The number of halogens is 1. The van der Waals surface area contributed by atoms with E-state index in [1.165, 1.54) is 5.19 Å². The smallest absolute Gasteiger partial charge is 0.261 e. The van der Waals surface area contributed by atoms with Gasteiger partial charge in [0.05, 0.1) is 27.0 Å². The number of hydrogen-bond acceptors (Lipinski definition) is 6. The zero-order chi connectivity index (χ0) is 26.4. The van der Waals surface area contributed by atoms with Gasteiger partial charge in [-0.25, -0.2) is 0 Å². The van der Waals surface area contributed by atoms with Gasteiger partial charge in [0.25, 0.3) is 5.91 Å². The average molecular weight is 586 g/mol. The molecule has 196 valence electrons. The fraction of sp³-hybridized carbons (Fsp3) is 0.444. The van der Waals surface area contributed by atoms with E-state index in [9.17, 15) is 9.90 Å². The lowest BCUT2D eigenvalue weighted by molar-refractivity contribution is -0.143. The van der Waals surface area contributed by atoms with Gasteiger partial charge in [0.15, 0.2) is 5.60 Å². The lowest BCUT2D eigenvalue weighted by Gasteiger charge is -2.37. The van der Waals surface area contributed by atoms with Crippen molar-refractivity contribution in [1.29, 1.82) is 0 Å². The minimum absolute atomic E-state index is 0.0399. The standard InChI is InChI=1S/C27H33BrN4O4Si/c1-17-25(37(3,4)21-8-6-20(35-2)7-9-21)24(11-13-32-16-19(12-14-33)30-31-32)36-27(17)22-15-18(28)5-10-23(22)29-26(27)34/h5-10,15-17,24-25,33H,11-14H2,1-4H3,(H,29,34)/t17-,24+,25-,27+/m1/s1. The highest BCUT2D eigenvalue weighted by atomic mass is 79.9. The van der Waals surface area contributed by atoms with E-state index in [2.05, 4.69) is 63.7 Å². The predicted molar refractivity (Wildman–Crippen MR) is 148 cm³/mol. The second-order valence-corrected chi connectivity index (χ2v) is 16.1. The Hall–Kier alpha value is -2.53. The summed E-state index contributed by atoms with van der Waals surface area (Å²) in [4.78, 5) is 13.7. The quantitative estimate of drug-likeness (QED) is 0.390.